The van der Waals surface area contributed by atoms with Gasteiger partial charge in [0.25, 0.3) is 5.91 Å². The van der Waals surface area contributed by atoms with Gasteiger partial charge in [-0.25, -0.2) is 12.8 Å². The Morgan fingerprint density at radius 2 is 1.92 bits per heavy atom. The Morgan fingerprint density at radius 3 is 2.62 bits per heavy atom. The molecule has 1 heterocycles. The molecule has 136 valence electrons. The van der Waals surface area contributed by atoms with Crippen LogP contribution in [0.5, 0.6) is 0 Å². The van der Waals surface area contributed by atoms with Crippen molar-refractivity contribution in [3.05, 3.63) is 58.6 Å². The lowest BCUT2D eigenvalue weighted by atomic mass is 10.2. The van der Waals surface area contributed by atoms with Crippen molar-refractivity contribution in [1.29, 1.82) is 0 Å². The molecule has 0 atom stereocenters. The maximum atomic E-state index is 13.4. The lowest BCUT2D eigenvalue weighted by Gasteiger charge is -2.08. The van der Waals surface area contributed by atoms with Crippen LogP contribution in [-0.2, 0) is 16.9 Å². The zero-order valence-corrected chi connectivity index (χ0v) is 16.1. The first-order valence-corrected chi connectivity index (χ1v) is 10.2. The van der Waals surface area contributed by atoms with E-state index in [-0.39, 0.29) is 16.3 Å². The molecule has 0 aliphatic rings. The maximum absolute atomic E-state index is 13.4. The van der Waals surface area contributed by atoms with Crippen LogP contribution in [0, 0.1) is 5.82 Å². The van der Waals surface area contributed by atoms with Crippen LogP contribution < -0.4 is 4.80 Å². The molecule has 0 aliphatic carbocycles. The second-order valence-corrected chi connectivity index (χ2v) is 9.61. The number of thiazole rings is 1. The van der Waals surface area contributed by atoms with Crippen molar-refractivity contribution in [2.45, 2.75) is 24.0 Å². The Bertz CT molecular complexity index is 1170. The molecule has 1 aromatic heterocycles. The third kappa shape index (κ3) is 3.34. The molecule has 26 heavy (non-hydrogen) atoms. The molecule has 3 aromatic rings. The Labute approximate surface area is 154 Å². The third-order valence-corrected chi connectivity index (χ3v) is 7.25. The van der Waals surface area contributed by atoms with E-state index in [4.69, 9.17) is 0 Å². The van der Waals surface area contributed by atoms with Gasteiger partial charge in [-0.15, -0.1) is 0 Å². The molecule has 3 rings (SSSR count). The van der Waals surface area contributed by atoms with E-state index in [1.165, 1.54) is 47.7 Å². The van der Waals surface area contributed by atoms with Crippen LogP contribution >= 0.6 is 11.3 Å². The summed E-state index contributed by atoms with van der Waals surface area (Å²) in [7, 11) is -1.74. The highest BCUT2D eigenvalue weighted by atomic mass is 32.2. The summed E-state index contributed by atoms with van der Waals surface area (Å²) in [5, 5.41) is -0.583. The highest BCUT2D eigenvalue weighted by Gasteiger charge is 2.20. The second kappa shape index (κ2) is 6.77. The minimum absolute atomic E-state index is 0.0938. The van der Waals surface area contributed by atoms with Crippen LogP contribution in [0.3, 0.4) is 0 Å². The number of hydrogen-bond acceptors (Lipinski definition) is 4. The van der Waals surface area contributed by atoms with Crippen LogP contribution in [0.2, 0.25) is 0 Å². The van der Waals surface area contributed by atoms with Gasteiger partial charge in [0.1, 0.15) is 5.82 Å². The average Bonchev–Trinajstić information content (AvgIpc) is 2.89. The van der Waals surface area contributed by atoms with Crippen LogP contribution in [-0.4, -0.2) is 24.1 Å². The lowest BCUT2D eigenvalue weighted by Crippen LogP contribution is -2.15. The molecule has 0 saturated carbocycles. The van der Waals surface area contributed by atoms with Crippen molar-refractivity contribution in [2.24, 2.45) is 12.0 Å². The molecule has 0 spiro atoms. The van der Waals surface area contributed by atoms with Gasteiger partial charge in [-0.3, -0.25) is 4.79 Å². The van der Waals surface area contributed by atoms with Crippen molar-refractivity contribution in [2.75, 3.05) is 0 Å². The smallest absolute Gasteiger partial charge is 0.279 e. The highest BCUT2D eigenvalue weighted by Crippen LogP contribution is 2.19. The Morgan fingerprint density at radius 1 is 1.19 bits per heavy atom. The van der Waals surface area contributed by atoms with Gasteiger partial charge in [-0.05, 0) is 50.2 Å². The summed E-state index contributed by atoms with van der Waals surface area (Å²) in [6.07, 6.45) is 0. The number of aromatic nitrogens is 1. The van der Waals surface area contributed by atoms with Gasteiger partial charge in [-0.2, -0.15) is 4.99 Å². The van der Waals surface area contributed by atoms with E-state index in [0.717, 1.165) is 5.52 Å². The quantitative estimate of drug-likeness (QED) is 0.687. The van der Waals surface area contributed by atoms with E-state index in [2.05, 4.69) is 4.99 Å². The topological polar surface area (TPSA) is 68.5 Å². The first-order valence-electron chi connectivity index (χ1n) is 7.88. The van der Waals surface area contributed by atoms with Gasteiger partial charge in [0.2, 0.25) is 0 Å². The van der Waals surface area contributed by atoms with Crippen LogP contribution in [0.1, 0.15) is 24.2 Å². The Hall–Kier alpha value is -2.32. The largest absolute Gasteiger partial charge is 0.319 e. The predicted octanol–water partition coefficient (Wildman–Crippen LogP) is 3.30. The molecule has 0 fully saturated rings. The summed E-state index contributed by atoms with van der Waals surface area (Å²) in [5.41, 5.74) is 0.953. The molecular weight excluding hydrogens is 375 g/mol. The van der Waals surface area contributed by atoms with Crippen molar-refractivity contribution >= 4 is 37.3 Å². The number of carbonyl (C=O) groups is 1. The normalized spacial score (nSPS) is 12.9. The van der Waals surface area contributed by atoms with Gasteiger partial charge in [0.15, 0.2) is 14.6 Å². The van der Waals surface area contributed by atoms with Gasteiger partial charge < -0.3 is 4.57 Å². The standard InChI is InChI=1S/C18H17FN2O3S2/c1-11(2)26(23,24)14-6-4-5-12(9-14)17(22)20-18-21(3)15-8-7-13(19)10-16(15)25-18/h4-11H,1-3H3. The predicted molar refractivity (Wildman–Crippen MR) is 99.4 cm³/mol. The van der Waals surface area contributed by atoms with Crippen molar-refractivity contribution in [3.63, 3.8) is 0 Å². The minimum Gasteiger partial charge on any atom is -0.319 e. The van der Waals surface area contributed by atoms with Crippen molar-refractivity contribution in [3.8, 4) is 0 Å². The van der Waals surface area contributed by atoms with Crippen molar-refractivity contribution < 1.29 is 17.6 Å². The maximum Gasteiger partial charge on any atom is 0.279 e. The fourth-order valence-electron chi connectivity index (χ4n) is 2.44. The van der Waals surface area contributed by atoms with Gasteiger partial charge in [-0.1, -0.05) is 17.4 Å². The Kier molecular flexibility index (Phi) is 4.81. The summed E-state index contributed by atoms with van der Waals surface area (Å²) in [6.45, 7) is 3.18. The molecule has 2 aromatic carbocycles. The molecule has 0 bridgehead atoms. The number of carbonyl (C=O) groups excluding carboxylic acids is 1. The van der Waals surface area contributed by atoms with E-state index < -0.39 is 21.0 Å². The summed E-state index contributed by atoms with van der Waals surface area (Å²) in [4.78, 5) is 17.1. The monoisotopic (exact) mass is 392 g/mol. The lowest BCUT2D eigenvalue weighted by molar-refractivity contribution is 0.0997. The number of nitrogens with zero attached hydrogens (tertiary/aromatic N) is 2. The number of benzene rings is 2. The first kappa shape index (κ1) is 18.5. The molecule has 8 heteroatoms. The number of aryl methyl sites for hydroxylation is 1. The fourth-order valence-corrected chi connectivity index (χ4v) is 4.59. The summed E-state index contributed by atoms with van der Waals surface area (Å²) >= 11 is 1.19. The summed E-state index contributed by atoms with van der Waals surface area (Å²) < 4.78 is 40.3. The molecule has 0 N–H and O–H groups in total. The Balaban J connectivity index is 2.06. The molecule has 0 saturated heterocycles. The molecule has 5 nitrogen and oxygen atoms in total. The summed E-state index contributed by atoms with van der Waals surface area (Å²) in [6, 6.07) is 10.2. The molecular formula is C18H17FN2O3S2. The van der Waals surface area contributed by atoms with Gasteiger partial charge >= 0.3 is 0 Å². The number of amides is 1. The van der Waals surface area contributed by atoms with E-state index in [1.54, 1.807) is 31.5 Å². The van der Waals surface area contributed by atoms with E-state index in [0.29, 0.717) is 9.50 Å². The van der Waals surface area contributed by atoms with Crippen LogP contribution in [0.15, 0.2) is 52.4 Å². The van der Waals surface area contributed by atoms with Crippen LogP contribution in [0.25, 0.3) is 10.2 Å². The van der Waals surface area contributed by atoms with E-state index >= 15 is 0 Å². The van der Waals surface area contributed by atoms with Crippen molar-refractivity contribution in [1.82, 2.24) is 4.57 Å². The molecule has 1 amide bonds. The number of halogens is 1. The number of hydrogen-bond donors (Lipinski definition) is 0. The highest BCUT2D eigenvalue weighted by molar-refractivity contribution is 7.92. The van der Waals surface area contributed by atoms with Gasteiger partial charge in [0.05, 0.1) is 20.4 Å². The first-order chi connectivity index (χ1) is 12.2. The summed E-state index contributed by atoms with van der Waals surface area (Å²) in [5.74, 6) is -0.905. The zero-order valence-electron chi connectivity index (χ0n) is 14.4. The SMILES string of the molecule is CC(C)S(=O)(=O)c1cccc(C(=O)N=c2sc3cc(F)ccc3n2C)c1. The number of rotatable bonds is 3. The average molecular weight is 392 g/mol. The van der Waals surface area contributed by atoms with Crippen LogP contribution in [0.4, 0.5) is 4.39 Å². The minimum atomic E-state index is -3.48. The molecule has 0 radical (unpaired) electrons. The van der Waals surface area contributed by atoms with E-state index in [1.807, 2.05) is 0 Å². The molecule has 0 unspecified atom stereocenters. The fraction of sp³-hybridized carbons (Fsp3) is 0.222. The van der Waals surface area contributed by atoms with E-state index in [9.17, 15) is 17.6 Å². The number of fused-ring (bicyclic) bond motifs is 1. The second-order valence-electron chi connectivity index (χ2n) is 6.09. The number of sulfone groups is 1. The third-order valence-electron chi connectivity index (χ3n) is 4.00. The molecule has 0 aliphatic heterocycles. The van der Waals surface area contributed by atoms with Gasteiger partial charge in [0, 0.05) is 12.6 Å². The zero-order chi connectivity index (χ0) is 19.1.